The molecule has 0 saturated carbocycles. The van der Waals surface area contributed by atoms with Crippen LogP contribution in [-0.4, -0.2) is 0 Å². The highest BCUT2D eigenvalue weighted by Gasteiger charge is 2.67. The summed E-state index contributed by atoms with van der Waals surface area (Å²) < 4.78 is 2.28. The summed E-state index contributed by atoms with van der Waals surface area (Å²) in [7, 11) is 0. The lowest BCUT2D eigenvalue weighted by molar-refractivity contribution is 0.813. The molecule has 2 spiro atoms. The highest BCUT2D eigenvalue weighted by molar-refractivity contribution is 8.27. The molecular weight excluding hydrogens is 881 g/mol. The van der Waals surface area contributed by atoms with Crippen LogP contribution in [0.3, 0.4) is 0 Å². The molecule has 268 valence electrons. The molecule has 12 rings (SSSR count). The van der Waals surface area contributed by atoms with E-state index in [0.29, 0.717) is 0 Å². The van der Waals surface area contributed by atoms with Crippen molar-refractivity contribution in [3.8, 4) is 22.3 Å². The van der Waals surface area contributed by atoms with Gasteiger partial charge in [0.25, 0.3) is 0 Å². The summed E-state index contributed by atoms with van der Waals surface area (Å²) in [5.74, 6) is 0. The second-order valence-electron chi connectivity index (χ2n) is 13.5. The van der Waals surface area contributed by atoms with Gasteiger partial charge in [-0.25, -0.2) is 0 Å². The average molecular weight is 907 g/mol. The van der Waals surface area contributed by atoms with E-state index in [9.17, 15) is 0 Å². The van der Waals surface area contributed by atoms with Crippen molar-refractivity contribution < 1.29 is 0 Å². The molecule has 4 aliphatic heterocycles. The van der Waals surface area contributed by atoms with Gasteiger partial charge in [-0.2, -0.15) is 0 Å². The van der Waals surface area contributed by atoms with Gasteiger partial charge in [0.1, 0.15) is 8.16 Å². The highest BCUT2D eigenvalue weighted by Crippen LogP contribution is 2.84. The van der Waals surface area contributed by atoms with Gasteiger partial charge in [0.15, 0.2) is 0 Å². The van der Waals surface area contributed by atoms with Gasteiger partial charge >= 0.3 is 0 Å². The maximum Gasteiger partial charge on any atom is 0.134 e. The third-order valence-electron chi connectivity index (χ3n) is 10.3. The summed E-state index contributed by atoms with van der Waals surface area (Å²) in [6.45, 7) is 4.75. The van der Waals surface area contributed by atoms with Gasteiger partial charge in [-0.1, -0.05) is 143 Å². The van der Waals surface area contributed by atoms with E-state index < -0.39 is 0 Å². The van der Waals surface area contributed by atoms with Crippen molar-refractivity contribution in [2.75, 3.05) is 0 Å². The molecule has 0 fully saturated rings. The van der Waals surface area contributed by atoms with Gasteiger partial charge in [-0.3, -0.25) is 0 Å². The first-order valence-electron chi connectivity index (χ1n) is 17.6. The summed E-state index contributed by atoms with van der Waals surface area (Å²) >= 11 is 22.1. The topological polar surface area (TPSA) is 0 Å². The van der Waals surface area contributed by atoms with Crippen LogP contribution in [0.2, 0.25) is 0 Å². The SMILES string of the molecule is CC(=C1Sc2ccccc2S1)c1sccc1-c1c(C(C)=C2Sc3ccccc3S2)sc2c1-c1ccsc1C1(Sc3ccccc3S1)C21Sc2ccccc2S1. The molecule has 0 nitrogen and oxygen atoms in total. The van der Waals surface area contributed by atoms with Gasteiger partial charge in [-0.15, -0.1) is 34.0 Å². The molecule has 3 aromatic heterocycles. The monoisotopic (exact) mass is 906 g/mol. The first kappa shape index (κ1) is 35.2. The van der Waals surface area contributed by atoms with Gasteiger partial charge in [0.2, 0.25) is 0 Å². The van der Waals surface area contributed by atoms with Crippen LogP contribution in [0.1, 0.15) is 33.4 Å². The molecule has 11 heteroatoms. The fourth-order valence-electron chi connectivity index (χ4n) is 7.82. The largest absolute Gasteiger partial charge is 0.146 e. The molecule has 1 aliphatic carbocycles. The summed E-state index contributed by atoms with van der Waals surface area (Å²) in [5.41, 5.74) is 8.42. The van der Waals surface area contributed by atoms with Crippen molar-refractivity contribution >= 4 is 139 Å². The van der Waals surface area contributed by atoms with Crippen LogP contribution in [-0.2, 0) is 8.16 Å². The third-order valence-corrected chi connectivity index (χ3v) is 27.1. The minimum Gasteiger partial charge on any atom is -0.146 e. The number of hydrogen-bond donors (Lipinski definition) is 0. The Morgan fingerprint density at radius 2 is 0.800 bits per heavy atom. The standard InChI is InChI=1S/C44H26S11/c1-23(41-47-27-11-3-4-12-28(27)48-41)37-25(19-21-45-37)35-36-26-20-22-46-39(26)43(52-31-15-7-8-16-32(31)53-43)44(54-33-17-9-10-18-34(33)55-44)40(36)51-38(35)24(2)42-49-29-13-5-6-14-30(29)50-42/h3-22H,1-2H3. The maximum atomic E-state index is 2.45. The fraction of sp³-hybridized carbons (Fsp3) is 0.0909. The van der Waals surface area contributed by atoms with Crippen LogP contribution in [0, 0.1) is 0 Å². The number of allylic oxidation sites excluding steroid dienone is 2. The Kier molecular flexibility index (Phi) is 8.58. The normalized spacial score (nSPS) is 17.6. The number of benzene rings is 4. The minimum absolute atomic E-state index is 0.229. The van der Waals surface area contributed by atoms with E-state index in [1.165, 1.54) is 101 Å². The van der Waals surface area contributed by atoms with Gasteiger partial charge in [-0.05, 0) is 102 Å². The van der Waals surface area contributed by atoms with Gasteiger partial charge in [0, 0.05) is 75.4 Å². The van der Waals surface area contributed by atoms with Crippen LogP contribution >= 0.6 is 128 Å². The Hall–Kier alpha value is -1.74. The van der Waals surface area contributed by atoms with Gasteiger partial charge < -0.3 is 0 Å². The maximum absolute atomic E-state index is 2.45. The predicted molar refractivity (Wildman–Crippen MR) is 252 cm³/mol. The quantitative estimate of drug-likeness (QED) is 0.170. The van der Waals surface area contributed by atoms with Crippen molar-refractivity contribution in [1.29, 1.82) is 0 Å². The van der Waals surface area contributed by atoms with Crippen LogP contribution in [0.4, 0.5) is 0 Å². The summed E-state index contributed by atoms with van der Waals surface area (Å²) in [4.78, 5) is 16.8. The van der Waals surface area contributed by atoms with E-state index in [0.717, 1.165) is 0 Å². The van der Waals surface area contributed by atoms with Crippen LogP contribution in [0.25, 0.3) is 33.4 Å². The number of fused-ring (bicyclic) bond motifs is 10. The van der Waals surface area contributed by atoms with Crippen molar-refractivity contribution in [2.45, 2.75) is 61.2 Å². The third kappa shape index (κ3) is 5.20. The van der Waals surface area contributed by atoms with E-state index in [2.05, 4.69) is 192 Å². The van der Waals surface area contributed by atoms with E-state index in [1.54, 1.807) is 0 Å². The van der Waals surface area contributed by atoms with E-state index >= 15 is 0 Å². The fourth-order valence-corrected chi connectivity index (χ4v) is 24.8. The molecule has 0 saturated heterocycles. The molecule has 0 bridgehead atoms. The number of thioether (sulfide) groups is 8. The molecule has 0 atom stereocenters. The second-order valence-corrected chi connectivity index (χ2v) is 26.6. The molecule has 0 amide bonds. The molecule has 5 aliphatic rings. The molecule has 0 radical (unpaired) electrons. The number of rotatable bonds is 3. The minimum atomic E-state index is -0.276. The first-order chi connectivity index (χ1) is 27.0. The molecular formula is C44H26S11. The van der Waals surface area contributed by atoms with E-state index in [1.807, 2.05) is 69.7 Å². The molecule has 55 heavy (non-hydrogen) atoms. The lowest BCUT2D eigenvalue weighted by Crippen LogP contribution is -2.38. The Morgan fingerprint density at radius 1 is 0.400 bits per heavy atom. The van der Waals surface area contributed by atoms with Crippen LogP contribution < -0.4 is 0 Å². The Morgan fingerprint density at radius 3 is 1.29 bits per heavy atom. The number of thiophene rings is 3. The molecule has 0 unspecified atom stereocenters. The van der Waals surface area contributed by atoms with Crippen LogP contribution in [0.5, 0.6) is 0 Å². The average Bonchev–Trinajstić information content (AvgIpc) is 4.06. The molecule has 0 N–H and O–H groups in total. The zero-order valence-corrected chi connectivity index (χ0v) is 38.0. The highest BCUT2D eigenvalue weighted by atomic mass is 32.2. The second kappa shape index (κ2) is 13.4. The van der Waals surface area contributed by atoms with E-state index in [-0.39, 0.29) is 8.16 Å². The zero-order chi connectivity index (χ0) is 36.5. The summed E-state index contributed by atoms with van der Waals surface area (Å²) in [6.07, 6.45) is 0. The number of hydrogen-bond acceptors (Lipinski definition) is 11. The Labute approximate surface area is 366 Å². The predicted octanol–water partition coefficient (Wildman–Crippen LogP) is 17.5. The van der Waals surface area contributed by atoms with Crippen LogP contribution in [0.15, 0.2) is 168 Å². The zero-order valence-electron chi connectivity index (χ0n) is 29.0. The van der Waals surface area contributed by atoms with Crippen molar-refractivity contribution in [3.05, 3.63) is 148 Å². The van der Waals surface area contributed by atoms with Crippen molar-refractivity contribution in [3.63, 3.8) is 0 Å². The molecule has 7 heterocycles. The van der Waals surface area contributed by atoms with Crippen molar-refractivity contribution in [1.82, 2.24) is 0 Å². The lowest BCUT2D eigenvalue weighted by atomic mass is 9.88. The summed E-state index contributed by atoms with van der Waals surface area (Å²) in [6, 6.07) is 40.9. The van der Waals surface area contributed by atoms with Gasteiger partial charge in [0.05, 0.1) is 8.47 Å². The van der Waals surface area contributed by atoms with Crippen molar-refractivity contribution in [2.24, 2.45) is 0 Å². The first-order valence-corrected chi connectivity index (χ1v) is 26.7. The lowest BCUT2D eigenvalue weighted by Gasteiger charge is -2.46. The summed E-state index contributed by atoms with van der Waals surface area (Å²) in [5, 5.41) is 4.70. The molecule has 4 aromatic carbocycles. The Balaban J connectivity index is 1.13. The smallest absolute Gasteiger partial charge is 0.134 e. The Bertz CT molecular complexity index is 2730. The molecule has 7 aromatic rings. The van der Waals surface area contributed by atoms with E-state index in [4.69, 9.17) is 0 Å².